The van der Waals surface area contributed by atoms with E-state index in [1.807, 2.05) is 0 Å². The van der Waals surface area contributed by atoms with Crippen molar-refractivity contribution in [1.29, 1.82) is 0 Å². The van der Waals surface area contributed by atoms with Crippen LogP contribution in [-0.4, -0.2) is 69.7 Å². The molecule has 182 valence electrons. The summed E-state index contributed by atoms with van der Waals surface area (Å²) in [4.78, 5) is 59.5. The number of carbonyl (C=O) groups is 5. The molecule has 0 aromatic heterocycles. The molecule has 0 fully saturated rings. The molecular weight excluding hydrogens is 436 g/mol. The van der Waals surface area contributed by atoms with Gasteiger partial charge in [0.05, 0.1) is 6.04 Å². The van der Waals surface area contributed by atoms with Crippen molar-refractivity contribution in [3.63, 3.8) is 0 Å². The Morgan fingerprint density at radius 3 is 1.97 bits per heavy atom. The van der Waals surface area contributed by atoms with Crippen LogP contribution in [0.15, 0.2) is 24.3 Å². The van der Waals surface area contributed by atoms with Crippen LogP contribution in [0.25, 0.3) is 0 Å². The molecule has 12 nitrogen and oxygen atoms in total. The number of rotatable bonds is 13. The lowest BCUT2D eigenvalue weighted by molar-refractivity contribution is -0.138. The quantitative estimate of drug-likeness (QED) is 0.189. The molecule has 0 aliphatic rings. The zero-order chi connectivity index (χ0) is 25.1. The molecule has 0 saturated carbocycles. The van der Waals surface area contributed by atoms with Gasteiger partial charge in [-0.15, -0.1) is 0 Å². The van der Waals surface area contributed by atoms with Gasteiger partial charge in [0.25, 0.3) is 0 Å². The van der Waals surface area contributed by atoms with Crippen LogP contribution >= 0.6 is 0 Å². The third kappa shape index (κ3) is 9.99. The molecule has 0 aliphatic carbocycles. The normalized spacial score (nSPS) is 13.5. The summed E-state index contributed by atoms with van der Waals surface area (Å²) in [7, 11) is 0. The van der Waals surface area contributed by atoms with Gasteiger partial charge in [-0.25, -0.2) is 0 Å². The Kier molecular flexibility index (Phi) is 10.8. The van der Waals surface area contributed by atoms with Crippen molar-refractivity contribution in [3.05, 3.63) is 29.8 Å². The number of nitrogens with one attached hydrogen (secondary N) is 3. The van der Waals surface area contributed by atoms with Crippen molar-refractivity contribution in [2.24, 2.45) is 11.7 Å². The van der Waals surface area contributed by atoms with E-state index in [0.29, 0.717) is 5.56 Å². The SMILES string of the molecule is CC(C)C(N)C(=O)NC(CCC(=O)O)C(=O)NC(Cc1ccc(O)cc1)C(=O)NCC(=O)O. The maximum absolute atomic E-state index is 12.9. The summed E-state index contributed by atoms with van der Waals surface area (Å²) in [6.07, 6.45) is -0.730. The van der Waals surface area contributed by atoms with Crippen LogP contribution in [0, 0.1) is 5.92 Å². The zero-order valence-corrected chi connectivity index (χ0v) is 18.4. The summed E-state index contributed by atoms with van der Waals surface area (Å²) < 4.78 is 0. The summed E-state index contributed by atoms with van der Waals surface area (Å²) in [5, 5.41) is 34.3. The lowest BCUT2D eigenvalue weighted by Crippen LogP contribution is -2.57. The number of carbonyl (C=O) groups excluding carboxylic acids is 3. The second kappa shape index (κ2) is 13.0. The van der Waals surface area contributed by atoms with E-state index < -0.39 is 60.8 Å². The van der Waals surface area contributed by atoms with Gasteiger partial charge in [-0.2, -0.15) is 0 Å². The number of benzene rings is 1. The average molecular weight is 466 g/mol. The van der Waals surface area contributed by atoms with Crippen LogP contribution in [0.3, 0.4) is 0 Å². The van der Waals surface area contributed by atoms with E-state index in [1.165, 1.54) is 24.3 Å². The standard InChI is InChI=1S/C21H30N4O8/c1-11(2)18(22)21(33)24-14(7-8-16(27)28)20(32)25-15(19(31)23-10-17(29)30)9-12-3-5-13(26)6-4-12/h3-6,11,14-15,18,26H,7-10,22H2,1-2H3,(H,23,31)(H,24,33)(H,25,32)(H,27,28)(H,29,30). The van der Waals surface area contributed by atoms with Gasteiger partial charge in [-0.05, 0) is 30.0 Å². The highest BCUT2D eigenvalue weighted by molar-refractivity contribution is 5.94. The van der Waals surface area contributed by atoms with Crippen LogP contribution in [0.2, 0.25) is 0 Å². The number of carboxylic acid groups (broad SMARTS) is 2. The summed E-state index contributed by atoms with van der Waals surface area (Å²) in [6.45, 7) is 2.73. The molecule has 33 heavy (non-hydrogen) atoms. The number of carboxylic acids is 2. The molecule has 1 aromatic carbocycles. The lowest BCUT2D eigenvalue weighted by atomic mass is 10.0. The third-order valence-electron chi connectivity index (χ3n) is 4.72. The molecule has 0 bridgehead atoms. The summed E-state index contributed by atoms with van der Waals surface area (Å²) in [5.74, 6) is -4.98. The smallest absolute Gasteiger partial charge is 0.322 e. The van der Waals surface area contributed by atoms with E-state index in [4.69, 9.17) is 15.9 Å². The van der Waals surface area contributed by atoms with Crippen LogP contribution < -0.4 is 21.7 Å². The third-order valence-corrected chi connectivity index (χ3v) is 4.72. The Bertz CT molecular complexity index is 856. The van der Waals surface area contributed by atoms with Crippen LogP contribution in [0.5, 0.6) is 5.75 Å². The first-order valence-corrected chi connectivity index (χ1v) is 10.3. The molecular formula is C21H30N4O8. The van der Waals surface area contributed by atoms with Gasteiger partial charge in [0.1, 0.15) is 24.4 Å². The number of nitrogens with two attached hydrogens (primary N) is 1. The molecule has 0 spiro atoms. The van der Waals surface area contributed by atoms with Gasteiger partial charge in [0, 0.05) is 12.8 Å². The van der Waals surface area contributed by atoms with E-state index in [1.54, 1.807) is 13.8 Å². The van der Waals surface area contributed by atoms with Gasteiger partial charge in [-0.1, -0.05) is 26.0 Å². The minimum absolute atomic E-state index is 0.00685. The van der Waals surface area contributed by atoms with Crippen molar-refractivity contribution in [2.45, 2.75) is 51.2 Å². The van der Waals surface area contributed by atoms with Crippen LogP contribution in [0.4, 0.5) is 0 Å². The number of phenolic OH excluding ortho intramolecular Hbond substituents is 1. The second-order valence-electron chi connectivity index (χ2n) is 7.81. The van der Waals surface area contributed by atoms with Crippen LogP contribution in [0.1, 0.15) is 32.3 Å². The van der Waals surface area contributed by atoms with E-state index in [9.17, 15) is 29.1 Å². The topological polar surface area (TPSA) is 208 Å². The number of aliphatic carboxylic acids is 2. The fourth-order valence-electron chi connectivity index (χ4n) is 2.74. The number of phenols is 1. The summed E-state index contributed by atoms with van der Waals surface area (Å²) in [5.41, 5.74) is 6.35. The number of hydrogen-bond acceptors (Lipinski definition) is 7. The molecule has 12 heteroatoms. The van der Waals surface area contributed by atoms with E-state index in [-0.39, 0.29) is 24.5 Å². The first-order valence-electron chi connectivity index (χ1n) is 10.3. The molecule has 1 rings (SSSR count). The largest absolute Gasteiger partial charge is 0.508 e. The van der Waals surface area contributed by atoms with Gasteiger partial charge in [0.2, 0.25) is 17.7 Å². The maximum atomic E-state index is 12.9. The molecule has 8 N–H and O–H groups in total. The minimum atomic E-state index is -1.28. The fraction of sp³-hybridized carbons (Fsp3) is 0.476. The van der Waals surface area contributed by atoms with E-state index >= 15 is 0 Å². The molecule has 3 atom stereocenters. The van der Waals surface area contributed by atoms with Gasteiger partial charge >= 0.3 is 11.9 Å². The number of amides is 3. The molecule has 3 unspecified atom stereocenters. The first kappa shape index (κ1) is 27.4. The molecule has 0 aliphatic heterocycles. The monoisotopic (exact) mass is 466 g/mol. The average Bonchev–Trinajstić information content (AvgIpc) is 2.74. The highest BCUT2D eigenvalue weighted by Crippen LogP contribution is 2.12. The van der Waals surface area contributed by atoms with Crippen molar-refractivity contribution in [1.82, 2.24) is 16.0 Å². The molecule has 0 heterocycles. The Balaban J connectivity index is 3.05. The fourth-order valence-corrected chi connectivity index (χ4v) is 2.74. The number of aromatic hydroxyl groups is 1. The molecule has 0 radical (unpaired) electrons. The molecule has 0 saturated heterocycles. The summed E-state index contributed by atoms with van der Waals surface area (Å²) >= 11 is 0. The van der Waals surface area contributed by atoms with Crippen molar-refractivity contribution in [3.8, 4) is 5.75 Å². The molecule has 3 amide bonds. The highest BCUT2D eigenvalue weighted by Gasteiger charge is 2.29. The van der Waals surface area contributed by atoms with Gasteiger partial charge < -0.3 is 37.0 Å². The zero-order valence-electron chi connectivity index (χ0n) is 18.4. The maximum Gasteiger partial charge on any atom is 0.322 e. The Morgan fingerprint density at radius 1 is 0.879 bits per heavy atom. The van der Waals surface area contributed by atoms with Gasteiger partial charge in [0.15, 0.2) is 0 Å². The Morgan fingerprint density at radius 2 is 1.45 bits per heavy atom. The van der Waals surface area contributed by atoms with E-state index in [2.05, 4.69) is 16.0 Å². The van der Waals surface area contributed by atoms with E-state index in [0.717, 1.165) is 0 Å². The Labute approximate surface area is 190 Å². The predicted octanol–water partition coefficient (Wildman–Crippen LogP) is -1.05. The van der Waals surface area contributed by atoms with Gasteiger partial charge in [-0.3, -0.25) is 24.0 Å². The minimum Gasteiger partial charge on any atom is -0.508 e. The van der Waals surface area contributed by atoms with Crippen LogP contribution in [-0.2, 0) is 30.4 Å². The molecule has 1 aromatic rings. The lowest BCUT2D eigenvalue weighted by Gasteiger charge is -2.24. The number of hydrogen-bond donors (Lipinski definition) is 7. The second-order valence-corrected chi connectivity index (χ2v) is 7.81. The highest BCUT2D eigenvalue weighted by atomic mass is 16.4. The summed E-state index contributed by atoms with van der Waals surface area (Å²) in [6, 6.07) is 2.35. The predicted molar refractivity (Wildman–Crippen MR) is 116 cm³/mol. The first-order chi connectivity index (χ1) is 15.4. The Hall–Kier alpha value is -3.67. The van der Waals surface area contributed by atoms with Crippen molar-refractivity contribution >= 4 is 29.7 Å². The van der Waals surface area contributed by atoms with Crippen molar-refractivity contribution in [2.75, 3.05) is 6.54 Å². The van der Waals surface area contributed by atoms with Crippen molar-refractivity contribution < 1.29 is 39.3 Å².